The van der Waals surface area contributed by atoms with Gasteiger partial charge in [-0.2, -0.15) is 0 Å². The number of nitrogens with zero attached hydrogens (tertiary/aromatic N) is 1. The highest BCUT2D eigenvalue weighted by molar-refractivity contribution is 9.10. The third-order valence-electron chi connectivity index (χ3n) is 5.36. The molecule has 0 radical (unpaired) electrons. The molecule has 1 saturated heterocycles. The fourth-order valence-electron chi connectivity index (χ4n) is 2.88. The van der Waals surface area contributed by atoms with Gasteiger partial charge < -0.3 is 14.6 Å². The van der Waals surface area contributed by atoms with Gasteiger partial charge in [0.2, 0.25) is 5.91 Å². The van der Waals surface area contributed by atoms with E-state index in [4.69, 9.17) is 4.43 Å². The molecule has 1 heterocycles. The van der Waals surface area contributed by atoms with Gasteiger partial charge >= 0.3 is 0 Å². The monoisotopic (exact) mass is 426 g/mol. The maximum absolute atomic E-state index is 11.9. The molecule has 1 aliphatic heterocycles. The van der Waals surface area contributed by atoms with Crippen LogP contribution in [0.3, 0.4) is 0 Å². The van der Waals surface area contributed by atoms with Gasteiger partial charge in [0.25, 0.3) is 0 Å². The van der Waals surface area contributed by atoms with Crippen LogP contribution in [0.1, 0.15) is 33.3 Å². The fourth-order valence-corrected chi connectivity index (χ4v) is 4.83. The van der Waals surface area contributed by atoms with Crippen molar-refractivity contribution in [3.05, 3.63) is 28.2 Å². The summed E-state index contributed by atoms with van der Waals surface area (Å²) in [7, 11) is -1.90. The molecule has 0 saturated carbocycles. The van der Waals surface area contributed by atoms with Crippen LogP contribution in [-0.4, -0.2) is 44.4 Å². The second kappa shape index (κ2) is 7.41. The van der Waals surface area contributed by atoms with E-state index < -0.39 is 8.32 Å². The van der Waals surface area contributed by atoms with E-state index in [9.17, 15) is 4.79 Å². The van der Waals surface area contributed by atoms with Crippen molar-refractivity contribution in [2.24, 2.45) is 0 Å². The van der Waals surface area contributed by atoms with Gasteiger partial charge in [-0.25, -0.2) is 0 Å². The first-order valence-corrected chi connectivity index (χ1v) is 12.6. The van der Waals surface area contributed by atoms with Gasteiger partial charge in [0, 0.05) is 30.2 Å². The molecule has 0 spiro atoms. The Hall–Kier alpha value is -0.853. The summed E-state index contributed by atoms with van der Waals surface area (Å²) in [5.41, 5.74) is 2.26. The Morgan fingerprint density at radius 2 is 1.92 bits per heavy atom. The summed E-state index contributed by atoms with van der Waals surface area (Å²) in [6.45, 7) is 16.3. The van der Waals surface area contributed by atoms with Gasteiger partial charge in [-0.3, -0.25) is 4.79 Å². The average Bonchev–Trinajstić information content (AvgIpc) is 2.78. The second-order valence-corrected chi connectivity index (χ2v) is 14.3. The average molecular weight is 427 g/mol. The molecule has 25 heavy (non-hydrogen) atoms. The molecule has 2 atom stereocenters. The lowest BCUT2D eigenvalue weighted by atomic mass is 10.1. The maximum atomic E-state index is 11.9. The SMILES string of the molecule is CC(=O)N1CC(Nc2cc(C)cc(Br)c2)C(O[Si](C)(C)C(C)(C)C)C1. The smallest absolute Gasteiger partial charge is 0.219 e. The number of nitrogens with one attached hydrogen (secondary N) is 1. The van der Waals surface area contributed by atoms with E-state index in [0.29, 0.717) is 13.1 Å². The minimum absolute atomic E-state index is 0.0177. The van der Waals surface area contributed by atoms with Crippen LogP contribution in [0.4, 0.5) is 5.69 Å². The largest absolute Gasteiger partial charge is 0.410 e. The van der Waals surface area contributed by atoms with Crippen molar-refractivity contribution in [1.29, 1.82) is 0 Å². The molecule has 0 aliphatic carbocycles. The summed E-state index contributed by atoms with van der Waals surface area (Å²) in [5.74, 6) is 0.110. The van der Waals surface area contributed by atoms with Crippen molar-refractivity contribution >= 4 is 35.8 Å². The minimum atomic E-state index is -1.90. The lowest BCUT2D eigenvalue weighted by Crippen LogP contribution is -2.48. The van der Waals surface area contributed by atoms with Gasteiger partial charge in [0.15, 0.2) is 8.32 Å². The van der Waals surface area contributed by atoms with E-state index in [1.807, 2.05) is 4.90 Å². The number of rotatable bonds is 4. The number of anilines is 1. The topological polar surface area (TPSA) is 41.6 Å². The van der Waals surface area contributed by atoms with Gasteiger partial charge in [-0.1, -0.05) is 36.7 Å². The molecular weight excluding hydrogens is 396 g/mol. The number of likely N-dealkylation sites (tertiary alicyclic amines) is 1. The number of aryl methyl sites for hydroxylation is 1. The quantitative estimate of drug-likeness (QED) is 0.703. The molecule has 4 nitrogen and oxygen atoms in total. The highest BCUT2D eigenvalue weighted by atomic mass is 79.9. The van der Waals surface area contributed by atoms with Gasteiger partial charge in [-0.05, 0) is 48.8 Å². The Morgan fingerprint density at radius 1 is 1.28 bits per heavy atom. The molecule has 1 aromatic rings. The summed E-state index contributed by atoms with van der Waals surface area (Å²) in [6, 6.07) is 6.40. The number of carbonyl (C=O) groups excluding carboxylic acids is 1. The Morgan fingerprint density at radius 3 is 2.44 bits per heavy atom. The number of hydrogen-bond donors (Lipinski definition) is 1. The van der Waals surface area contributed by atoms with E-state index in [2.05, 4.69) is 80.2 Å². The maximum Gasteiger partial charge on any atom is 0.219 e. The first-order valence-electron chi connectivity index (χ1n) is 8.86. The predicted octanol–water partition coefficient (Wildman–Crippen LogP) is 4.79. The first kappa shape index (κ1) is 20.5. The zero-order valence-corrected chi connectivity index (χ0v) is 19.0. The lowest BCUT2D eigenvalue weighted by Gasteiger charge is -2.39. The van der Waals surface area contributed by atoms with Gasteiger partial charge in [0.1, 0.15) is 0 Å². The van der Waals surface area contributed by atoms with Crippen molar-refractivity contribution in [1.82, 2.24) is 4.90 Å². The number of benzene rings is 1. The van der Waals surface area contributed by atoms with Crippen LogP contribution in [-0.2, 0) is 9.22 Å². The Kier molecular flexibility index (Phi) is 6.06. The number of amides is 1. The molecule has 0 aromatic heterocycles. The van der Waals surface area contributed by atoms with Crippen molar-refractivity contribution in [2.45, 2.75) is 64.9 Å². The van der Waals surface area contributed by atoms with Crippen molar-refractivity contribution in [3.8, 4) is 0 Å². The number of carbonyl (C=O) groups is 1. The first-order chi connectivity index (χ1) is 11.4. The van der Waals surface area contributed by atoms with Gasteiger partial charge in [0.05, 0.1) is 12.1 Å². The van der Waals surface area contributed by atoms with Crippen LogP contribution in [0.15, 0.2) is 22.7 Å². The molecular formula is C19H31BrN2O2Si. The standard InChI is InChI=1S/C19H31BrN2O2Si/c1-13-8-15(20)10-16(9-13)21-17-11-22(14(2)23)12-18(17)24-25(6,7)19(3,4)5/h8-10,17-18,21H,11-12H2,1-7H3. The molecule has 6 heteroatoms. The minimum Gasteiger partial charge on any atom is -0.410 e. The predicted molar refractivity (Wildman–Crippen MR) is 111 cm³/mol. The molecule has 1 aromatic carbocycles. The number of hydrogen-bond acceptors (Lipinski definition) is 3. The molecule has 0 bridgehead atoms. The highest BCUT2D eigenvalue weighted by Gasteiger charge is 2.44. The third-order valence-corrected chi connectivity index (χ3v) is 10.3. The Labute approximate surface area is 161 Å². The van der Waals surface area contributed by atoms with Crippen molar-refractivity contribution in [2.75, 3.05) is 18.4 Å². The van der Waals surface area contributed by atoms with E-state index in [-0.39, 0.29) is 23.1 Å². The summed E-state index contributed by atoms with van der Waals surface area (Å²) in [5, 5.41) is 3.75. The van der Waals surface area contributed by atoms with Crippen LogP contribution < -0.4 is 5.32 Å². The van der Waals surface area contributed by atoms with Crippen LogP contribution in [0, 0.1) is 6.92 Å². The van der Waals surface area contributed by atoms with Crippen molar-refractivity contribution < 1.29 is 9.22 Å². The highest BCUT2D eigenvalue weighted by Crippen LogP contribution is 2.38. The zero-order valence-electron chi connectivity index (χ0n) is 16.4. The molecule has 1 aliphatic rings. The number of halogens is 1. The normalized spacial score (nSPS) is 21.5. The molecule has 1 fully saturated rings. The molecule has 1 amide bonds. The van der Waals surface area contributed by atoms with Crippen LogP contribution in [0.2, 0.25) is 18.1 Å². The van der Waals surface area contributed by atoms with E-state index in [0.717, 1.165) is 10.2 Å². The van der Waals surface area contributed by atoms with E-state index in [1.54, 1.807) is 6.92 Å². The summed E-state index contributed by atoms with van der Waals surface area (Å²) in [6.07, 6.45) is 0.0177. The van der Waals surface area contributed by atoms with Crippen LogP contribution in [0.5, 0.6) is 0 Å². The molecule has 140 valence electrons. The third kappa shape index (κ3) is 5.08. The summed E-state index contributed by atoms with van der Waals surface area (Å²) >= 11 is 3.56. The molecule has 2 unspecified atom stereocenters. The Bertz CT molecular complexity index is 623. The van der Waals surface area contributed by atoms with E-state index in [1.165, 1.54) is 5.56 Å². The fraction of sp³-hybridized carbons (Fsp3) is 0.632. The lowest BCUT2D eigenvalue weighted by molar-refractivity contribution is -0.128. The van der Waals surface area contributed by atoms with Crippen LogP contribution >= 0.6 is 15.9 Å². The van der Waals surface area contributed by atoms with Crippen molar-refractivity contribution in [3.63, 3.8) is 0 Å². The zero-order chi connectivity index (χ0) is 19.0. The molecule has 1 N–H and O–H groups in total. The summed E-state index contributed by atoms with van der Waals surface area (Å²) in [4.78, 5) is 13.8. The second-order valence-electron chi connectivity index (χ2n) is 8.61. The summed E-state index contributed by atoms with van der Waals surface area (Å²) < 4.78 is 7.71. The Balaban J connectivity index is 2.21. The molecule has 2 rings (SSSR count). The van der Waals surface area contributed by atoms with E-state index >= 15 is 0 Å². The van der Waals surface area contributed by atoms with Crippen LogP contribution in [0.25, 0.3) is 0 Å². The van der Waals surface area contributed by atoms with Gasteiger partial charge in [-0.15, -0.1) is 0 Å².